The third kappa shape index (κ3) is 2.43. The molecular weight excluding hydrogens is 300 g/mol. The number of ether oxygens (including phenoxy) is 2. The van der Waals surface area contributed by atoms with Crippen LogP contribution >= 0.6 is 11.3 Å². The van der Waals surface area contributed by atoms with E-state index >= 15 is 0 Å². The van der Waals surface area contributed by atoms with Gasteiger partial charge in [-0.05, 0) is 31.0 Å². The summed E-state index contributed by atoms with van der Waals surface area (Å²) in [6.07, 6.45) is 3.80. The van der Waals surface area contributed by atoms with Crippen LogP contribution in [-0.4, -0.2) is 35.7 Å². The Morgan fingerprint density at radius 1 is 1.23 bits per heavy atom. The zero-order valence-corrected chi connectivity index (χ0v) is 12.8. The summed E-state index contributed by atoms with van der Waals surface area (Å²) in [7, 11) is 0. The van der Waals surface area contributed by atoms with Crippen molar-refractivity contribution in [2.45, 2.75) is 18.8 Å². The smallest absolute Gasteiger partial charge is 0.253 e. The van der Waals surface area contributed by atoms with Crippen LogP contribution in [0.15, 0.2) is 29.8 Å². The van der Waals surface area contributed by atoms with Gasteiger partial charge in [0.1, 0.15) is 0 Å². The number of aromatic nitrogens is 1. The van der Waals surface area contributed by atoms with E-state index in [1.165, 1.54) is 5.01 Å². The molecule has 6 heteroatoms. The standard InChI is InChI=1S/C16H16N2O3S/c19-16(12-1-2-13-14(9-12)21-10-20-13)18-6-3-11(4-7-18)15-17-5-8-22-15/h1-2,5,8-9,11H,3-4,6-7,10H2. The fourth-order valence-corrected chi connectivity index (χ4v) is 3.79. The Balaban J connectivity index is 1.44. The van der Waals surface area contributed by atoms with Gasteiger partial charge in [0.05, 0.1) is 5.01 Å². The van der Waals surface area contributed by atoms with Crippen molar-refractivity contribution in [3.63, 3.8) is 0 Å². The second-order valence-electron chi connectivity index (χ2n) is 5.50. The van der Waals surface area contributed by atoms with Gasteiger partial charge in [-0.2, -0.15) is 0 Å². The Bertz CT molecular complexity index is 679. The molecule has 0 N–H and O–H groups in total. The summed E-state index contributed by atoms with van der Waals surface area (Å²) in [5.74, 6) is 1.92. The molecule has 3 heterocycles. The number of nitrogens with zero attached hydrogens (tertiary/aromatic N) is 2. The van der Waals surface area contributed by atoms with Gasteiger partial charge in [-0.1, -0.05) is 0 Å². The molecule has 4 rings (SSSR count). The van der Waals surface area contributed by atoms with E-state index in [2.05, 4.69) is 4.98 Å². The minimum absolute atomic E-state index is 0.0656. The van der Waals surface area contributed by atoms with E-state index in [0.29, 0.717) is 23.0 Å². The summed E-state index contributed by atoms with van der Waals surface area (Å²) in [5.41, 5.74) is 0.664. The summed E-state index contributed by atoms with van der Waals surface area (Å²) >= 11 is 1.70. The summed E-state index contributed by atoms with van der Waals surface area (Å²) in [4.78, 5) is 18.9. The number of benzene rings is 1. The predicted octanol–water partition coefficient (Wildman–Crippen LogP) is 2.89. The van der Waals surface area contributed by atoms with E-state index < -0.39 is 0 Å². The molecule has 0 spiro atoms. The van der Waals surface area contributed by atoms with Gasteiger partial charge in [-0.25, -0.2) is 4.98 Å². The fraction of sp³-hybridized carbons (Fsp3) is 0.375. The third-order valence-electron chi connectivity index (χ3n) is 4.20. The van der Waals surface area contributed by atoms with E-state index in [-0.39, 0.29) is 12.7 Å². The molecule has 1 fully saturated rings. The molecule has 2 aliphatic heterocycles. The number of carbonyl (C=O) groups excluding carboxylic acids is 1. The molecule has 0 atom stereocenters. The molecule has 2 aromatic rings. The monoisotopic (exact) mass is 316 g/mol. The second-order valence-corrected chi connectivity index (χ2v) is 6.43. The van der Waals surface area contributed by atoms with Crippen molar-refractivity contribution in [2.24, 2.45) is 0 Å². The van der Waals surface area contributed by atoms with Crippen molar-refractivity contribution in [1.29, 1.82) is 0 Å². The molecule has 22 heavy (non-hydrogen) atoms. The van der Waals surface area contributed by atoms with Crippen molar-refractivity contribution in [3.05, 3.63) is 40.3 Å². The van der Waals surface area contributed by atoms with E-state index in [1.807, 2.05) is 22.5 Å². The highest BCUT2D eigenvalue weighted by atomic mass is 32.1. The maximum Gasteiger partial charge on any atom is 0.253 e. The van der Waals surface area contributed by atoms with Crippen molar-refractivity contribution in [2.75, 3.05) is 19.9 Å². The second kappa shape index (κ2) is 5.61. The zero-order valence-electron chi connectivity index (χ0n) is 12.0. The van der Waals surface area contributed by atoms with Gasteiger partial charge >= 0.3 is 0 Å². The number of rotatable bonds is 2. The number of hydrogen-bond donors (Lipinski definition) is 0. The number of likely N-dealkylation sites (tertiary alicyclic amines) is 1. The minimum Gasteiger partial charge on any atom is -0.454 e. The first-order valence-corrected chi connectivity index (χ1v) is 8.27. The number of fused-ring (bicyclic) bond motifs is 1. The van der Waals surface area contributed by atoms with Gasteiger partial charge in [0, 0.05) is 36.1 Å². The lowest BCUT2D eigenvalue weighted by Crippen LogP contribution is -2.37. The van der Waals surface area contributed by atoms with Crippen molar-refractivity contribution in [1.82, 2.24) is 9.88 Å². The fourth-order valence-electron chi connectivity index (χ4n) is 2.98. The lowest BCUT2D eigenvalue weighted by molar-refractivity contribution is 0.0712. The molecule has 1 saturated heterocycles. The van der Waals surface area contributed by atoms with Gasteiger partial charge in [0.15, 0.2) is 11.5 Å². The maximum atomic E-state index is 12.6. The van der Waals surface area contributed by atoms with Crippen LogP contribution in [0.2, 0.25) is 0 Å². The zero-order chi connectivity index (χ0) is 14.9. The molecule has 2 aliphatic rings. The maximum absolute atomic E-state index is 12.6. The highest BCUT2D eigenvalue weighted by molar-refractivity contribution is 7.09. The highest BCUT2D eigenvalue weighted by Gasteiger charge is 2.26. The average Bonchev–Trinajstić information content (AvgIpc) is 3.25. The number of hydrogen-bond acceptors (Lipinski definition) is 5. The summed E-state index contributed by atoms with van der Waals surface area (Å²) < 4.78 is 10.6. The molecule has 0 bridgehead atoms. The Morgan fingerprint density at radius 3 is 2.82 bits per heavy atom. The first-order valence-electron chi connectivity index (χ1n) is 7.39. The Labute approximate surface area is 132 Å². The Kier molecular flexibility index (Phi) is 3.46. The van der Waals surface area contributed by atoms with Crippen molar-refractivity contribution in [3.8, 4) is 11.5 Å². The molecule has 1 aromatic heterocycles. The molecule has 1 amide bonds. The van der Waals surface area contributed by atoms with E-state index in [1.54, 1.807) is 23.5 Å². The largest absolute Gasteiger partial charge is 0.454 e. The highest BCUT2D eigenvalue weighted by Crippen LogP contribution is 2.34. The molecule has 5 nitrogen and oxygen atoms in total. The number of thiazole rings is 1. The SMILES string of the molecule is O=C(c1ccc2c(c1)OCO2)N1CCC(c2nccs2)CC1. The Hall–Kier alpha value is -2.08. The predicted molar refractivity (Wildman–Crippen MR) is 82.6 cm³/mol. The average molecular weight is 316 g/mol. The van der Waals surface area contributed by atoms with E-state index in [9.17, 15) is 4.79 Å². The van der Waals surface area contributed by atoms with E-state index in [0.717, 1.165) is 25.9 Å². The summed E-state index contributed by atoms with van der Waals surface area (Å²) in [6, 6.07) is 5.39. The first kappa shape index (κ1) is 13.6. The van der Waals surface area contributed by atoms with Gasteiger partial charge in [0.25, 0.3) is 5.91 Å². The molecule has 0 radical (unpaired) electrons. The third-order valence-corrected chi connectivity index (χ3v) is 5.14. The first-order chi connectivity index (χ1) is 10.8. The number of piperidine rings is 1. The van der Waals surface area contributed by atoms with Crippen LogP contribution in [0.5, 0.6) is 11.5 Å². The van der Waals surface area contributed by atoms with Crippen LogP contribution in [0, 0.1) is 0 Å². The summed E-state index contributed by atoms with van der Waals surface area (Å²) in [5, 5.41) is 3.20. The van der Waals surface area contributed by atoms with Crippen LogP contribution in [0.25, 0.3) is 0 Å². The Morgan fingerprint density at radius 2 is 2.05 bits per heavy atom. The molecule has 0 unspecified atom stereocenters. The molecular formula is C16H16N2O3S. The topological polar surface area (TPSA) is 51.7 Å². The van der Waals surface area contributed by atoms with Crippen LogP contribution < -0.4 is 9.47 Å². The van der Waals surface area contributed by atoms with Crippen molar-refractivity contribution < 1.29 is 14.3 Å². The quantitative estimate of drug-likeness (QED) is 0.855. The normalized spacial score (nSPS) is 17.7. The van der Waals surface area contributed by atoms with E-state index in [4.69, 9.17) is 9.47 Å². The molecule has 114 valence electrons. The summed E-state index contributed by atoms with van der Waals surface area (Å²) in [6.45, 7) is 1.78. The van der Waals surface area contributed by atoms with Crippen LogP contribution in [0.3, 0.4) is 0 Å². The molecule has 0 aliphatic carbocycles. The van der Waals surface area contributed by atoms with Crippen molar-refractivity contribution >= 4 is 17.2 Å². The molecule has 1 aromatic carbocycles. The van der Waals surface area contributed by atoms with Crippen LogP contribution in [0.4, 0.5) is 0 Å². The minimum atomic E-state index is 0.0656. The lowest BCUT2D eigenvalue weighted by Gasteiger charge is -2.31. The van der Waals surface area contributed by atoms with Gasteiger partial charge in [-0.15, -0.1) is 11.3 Å². The number of carbonyl (C=O) groups is 1. The number of amides is 1. The van der Waals surface area contributed by atoms with Gasteiger partial charge < -0.3 is 14.4 Å². The van der Waals surface area contributed by atoms with Gasteiger partial charge in [-0.3, -0.25) is 4.79 Å². The van der Waals surface area contributed by atoms with Crippen LogP contribution in [-0.2, 0) is 0 Å². The van der Waals surface area contributed by atoms with Gasteiger partial charge in [0.2, 0.25) is 6.79 Å². The lowest BCUT2D eigenvalue weighted by atomic mass is 9.97. The molecule has 0 saturated carbocycles. The van der Waals surface area contributed by atoms with Crippen LogP contribution in [0.1, 0.15) is 34.1 Å².